The Morgan fingerprint density at radius 1 is 1.42 bits per heavy atom. The highest BCUT2D eigenvalue weighted by Gasteiger charge is 2.53. The highest BCUT2D eigenvalue weighted by atomic mass is 32.2. The molecule has 0 spiro atoms. The highest BCUT2D eigenvalue weighted by Crippen LogP contribution is 2.60. The van der Waals surface area contributed by atoms with Gasteiger partial charge in [0.25, 0.3) is 10.2 Å². The topological polar surface area (TPSA) is 75.7 Å². The number of nitrogens with zero attached hydrogens (tertiary/aromatic N) is 1. The van der Waals surface area contributed by atoms with Crippen LogP contribution < -0.4 is 4.72 Å². The summed E-state index contributed by atoms with van der Waals surface area (Å²) in [6, 6.07) is 0. The normalized spacial score (nSPS) is 21.4. The lowest BCUT2D eigenvalue weighted by atomic mass is 10.0. The van der Waals surface area contributed by atoms with E-state index in [1.807, 2.05) is 0 Å². The number of methoxy groups -OCH3 is 1. The minimum atomic E-state index is -3.49. The number of carbonyl (C=O) groups is 1. The van der Waals surface area contributed by atoms with Crippen LogP contribution in [0, 0.1) is 11.3 Å². The molecule has 0 amide bonds. The summed E-state index contributed by atoms with van der Waals surface area (Å²) in [5.74, 6) is 0.314. The van der Waals surface area contributed by atoms with Gasteiger partial charge in [-0.1, -0.05) is 0 Å². The average molecular weight is 290 g/mol. The number of esters is 1. The van der Waals surface area contributed by atoms with E-state index in [1.54, 1.807) is 0 Å². The van der Waals surface area contributed by atoms with E-state index in [0.717, 1.165) is 18.8 Å². The number of nitrogens with one attached hydrogen (secondary N) is 1. The van der Waals surface area contributed by atoms with Crippen molar-refractivity contribution < 1.29 is 17.9 Å². The van der Waals surface area contributed by atoms with Gasteiger partial charge in [-0.2, -0.15) is 12.7 Å². The van der Waals surface area contributed by atoms with Gasteiger partial charge in [0.2, 0.25) is 0 Å². The van der Waals surface area contributed by atoms with E-state index in [1.165, 1.54) is 31.3 Å². The summed E-state index contributed by atoms with van der Waals surface area (Å²) in [4.78, 5) is 11.0. The highest BCUT2D eigenvalue weighted by molar-refractivity contribution is 7.87. The lowest BCUT2D eigenvalue weighted by molar-refractivity contribution is -0.140. The van der Waals surface area contributed by atoms with Crippen LogP contribution >= 0.6 is 0 Å². The van der Waals surface area contributed by atoms with E-state index in [9.17, 15) is 13.2 Å². The maximum absolute atomic E-state index is 12.0. The lowest BCUT2D eigenvalue weighted by Crippen LogP contribution is -2.42. The van der Waals surface area contributed by atoms with E-state index >= 15 is 0 Å². The summed E-state index contributed by atoms with van der Waals surface area (Å²) in [7, 11) is -0.720. The van der Waals surface area contributed by atoms with Crippen molar-refractivity contribution in [3.05, 3.63) is 0 Å². The summed E-state index contributed by atoms with van der Waals surface area (Å²) in [6.07, 6.45) is 4.81. The van der Waals surface area contributed by atoms with Crippen LogP contribution in [0.1, 0.15) is 32.1 Å². The second-order valence-corrected chi connectivity index (χ2v) is 7.47. The summed E-state index contributed by atoms with van der Waals surface area (Å²) < 4.78 is 32.4. The van der Waals surface area contributed by atoms with Gasteiger partial charge in [-0.15, -0.1) is 0 Å². The fourth-order valence-electron chi connectivity index (χ4n) is 2.40. The second kappa shape index (κ2) is 5.38. The molecule has 0 unspecified atom stereocenters. The minimum absolute atomic E-state index is 0.0711. The molecule has 0 radical (unpaired) electrons. The second-order valence-electron chi connectivity index (χ2n) is 5.61. The van der Waals surface area contributed by atoms with Crippen molar-refractivity contribution >= 4 is 16.2 Å². The molecule has 0 atom stereocenters. The SMILES string of the molecule is COC(=O)CCN(C)S(=O)(=O)NCC1(C2CC2)CC1. The van der Waals surface area contributed by atoms with Crippen molar-refractivity contribution in [1.82, 2.24) is 9.03 Å². The Balaban J connectivity index is 1.78. The molecule has 0 heterocycles. The standard InChI is InChI=1S/C12H22N2O4S/c1-14(8-5-11(15)18-2)19(16,17)13-9-12(6-7-12)10-3-4-10/h10,13H,3-9H2,1-2H3. The molecule has 2 saturated carbocycles. The van der Waals surface area contributed by atoms with Gasteiger partial charge in [0.05, 0.1) is 13.5 Å². The van der Waals surface area contributed by atoms with Crippen molar-refractivity contribution in [3.8, 4) is 0 Å². The molecule has 2 rings (SSSR count). The molecule has 7 heteroatoms. The van der Waals surface area contributed by atoms with Gasteiger partial charge in [0.15, 0.2) is 0 Å². The third kappa shape index (κ3) is 3.67. The van der Waals surface area contributed by atoms with Crippen LogP contribution in [0.25, 0.3) is 0 Å². The van der Waals surface area contributed by atoms with Gasteiger partial charge >= 0.3 is 5.97 Å². The molecule has 19 heavy (non-hydrogen) atoms. The van der Waals surface area contributed by atoms with Crippen molar-refractivity contribution in [3.63, 3.8) is 0 Å². The summed E-state index contributed by atoms with van der Waals surface area (Å²) in [5, 5.41) is 0. The van der Waals surface area contributed by atoms with Gasteiger partial charge < -0.3 is 4.74 Å². The van der Waals surface area contributed by atoms with Crippen LogP contribution in [0.3, 0.4) is 0 Å². The first-order valence-corrected chi connectivity index (χ1v) is 8.11. The van der Waals surface area contributed by atoms with Crippen LogP contribution in [0.4, 0.5) is 0 Å². The Morgan fingerprint density at radius 3 is 2.53 bits per heavy atom. The Morgan fingerprint density at radius 2 is 2.05 bits per heavy atom. The fraction of sp³-hybridized carbons (Fsp3) is 0.917. The maximum Gasteiger partial charge on any atom is 0.306 e. The summed E-state index contributed by atoms with van der Waals surface area (Å²) >= 11 is 0. The summed E-state index contributed by atoms with van der Waals surface area (Å²) in [5.41, 5.74) is 0.232. The van der Waals surface area contributed by atoms with Gasteiger partial charge in [0, 0.05) is 20.1 Å². The molecular formula is C12H22N2O4S. The predicted molar refractivity (Wildman–Crippen MR) is 70.6 cm³/mol. The maximum atomic E-state index is 12.0. The van der Waals surface area contributed by atoms with Crippen molar-refractivity contribution in [2.45, 2.75) is 32.1 Å². The van der Waals surface area contributed by atoms with E-state index in [0.29, 0.717) is 6.54 Å². The Kier molecular flexibility index (Phi) is 4.17. The molecule has 0 aromatic carbocycles. The van der Waals surface area contributed by atoms with Gasteiger partial charge in [-0.25, -0.2) is 4.72 Å². The van der Waals surface area contributed by atoms with Crippen LogP contribution in [0.2, 0.25) is 0 Å². The Bertz CT molecular complexity index is 441. The third-order valence-electron chi connectivity index (χ3n) is 4.21. The molecule has 0 aliphatic heterocycles. The smallest absolute Gasteiger partial charge is 0.306 e. The van der Waals surface area contributed by atoms with Crippen molar-refractivity contribution in [1.29, 1.82) is 0 Å². The molecular weight excluding hydrogens is 268 g/mol. The first-order valence-electron chi connectivity index (χ1n) is 6.67. The van der Waals surface area contributed by atoms with Crippen LogP contribution in [0.15, 0.2) is 0 Å². The van der Waals surface area contributed by atoms with Crippen molar-refractivity contribution in [2.75, 3.05) is 27.2 Å². The average Bonchev–Trinajstić information content (AvgIpc) is 3.25. The Hall–Kier alpha value is -0.660. The van der Waals surface area contributed by atoms with E-state index in [4.69, 9.17) is 0 Å². The van der Waals surface area contributed by atoms with Crippen LogP contribution in [0.5, 0.6) is 0 Å². The molecule has 0 bridgehead atoms. The quantitative estimate of drug-likeness (QED) is 0.661. The number of hydrogen-bond donors (Lipinski definition) is 1. The third-order valence-corrected chi connectivity index (χ3v) is 5.72. The molecule has 110 valence electrons. The molecule has 0 aromatic rings. The van der Waals surface area contributed by atoms with Gasteiger partial charge in [-0.05, 0) is 37.0 Å². The number of rotatable bonds is 8. The Labute approximate surface area is 114 Å². The number of ether oxygens (including phenoxy) is 1. The molecule has 0 aromatic heterocycles. The molecule has 2 aliphatic rings. The largest absolute Gasteiger partial charge is 0.469 e. The first-order chi connectivity index (χ1) is 8.89. The number of hydrogen-bond acceptors (Lipinski definition) is 4. The minimum Gasteiger partial charge on any atom is -0.469 e. The predicted octanol–water partition coefficient (Wildman–Crippen LogP) is 0.506. The van der Waals surface area contributed by atoms with E-state index < -0.39 is 16.2 Å². The van der Waals surface area contributed by atoms with E-state index in [-0.39, 0.29) is 18.4 Å². The number of carbonyl (C=O) groups excluding carboxylic acids is 1. The molecule has 2 aliphatic carbocycles. The molecule has 2 fully saturated rings. The zero-order chi connectivity index (χ0) is 14.1. The first kappa shape index (κ1) is 14.7. The summed E-state index contributed by atoms with van der Waals surface area (Å²) in [6.45, 7) is 0.668. The van der Waals surface area contributed by atoms with E-state index in [2.05, 4.69) is 9.46 Å². The molecule has 0 saturated heterocycles. The monoisotopic (exact) mass is 290 g/mol. The van der Waals surface area contributed by atoms with Crippen LogP contribution in [-0.2, 0) is 19.7 Å². The van der Waals surface area contributed by atoms with Crippen molar-refractivity contribution in [2.24, 2.45) is 11.3 Å². The lowest BCUT2D eigenvalue weighted by Gasteiger charge is -2.20. The van der Waals surface area contributed by atoms with Gasteiger partial charge in [-0.3, -0.25) is 4.79 Å². The zero-order valence-electron chi connectivity index (χ0n) is 11.5. The fourth-order valence-corrected chi connectivity index (χ4v) is 3.42. The zero-order valence-corrected chi connectivity index (χ0v) is 12.3. The van der Waals surface area contributed by atoms with Gasteiger partial charge in [0.1, 0.15) is 0 Å². The molecule has 1 N–H and O–H groups in total. The van der Waals surface area contributed by atoms with Crippen LogP contribution in [-0.4, -0.2) is 45.9 Å². The molecule has 6 nitrogen and oxygen atoms in total.